The number of sulfonamides is 1. The number of aromatic carboxylic acids is 1. The average Bonchev–Trinajstić information content (AvgIpc) is 2.57. The molecule has 0 atom stereocenters. The summed E-state index contributed by atoms with van der Waals surface area (Å²) in [7, 11) is -3.40. The number of pyridine rings is 1. The first kappa shape index (κ1) is 14.3. The van der Waals surface area contributed by atoms with Crippen molar-refractivity contribution in [2.75, 3.05) is 11.0 Å². The standard InChI is InChI=1S/C9H9N3O4S.ClH/c1-17(15,16)12-7-3-2-5-4-6(9(13)14)10-8(5)11-7;/h2-4H,1H3,(H,13,14)(H2,10,11,12);1H. The van der Waals surface area contributed by atoms with E-state index >= 15 is 0 Å². The molecule has 0 aliphatic rings. The lowest BCUT2D eigenvalue weighted by atomic mass is 10.3. The fourth-order valence-electron chi connectivity index (χ4n) is 1.37. The number of carboxylic acid groups (broad SMARTS) is 1. The molecule has 0 aliphatic carbocycles. The van der Waals surface area contributed by atoms with Crippen molar-refractivity contribution in [3.05, 3.63) is 23.9 Å². The molecule has 0 bridgehead atoms. The summed E-state index contributed by atoms with van der Waals surface area (Å²) < 4.78 is 24.2. The number of nitrogens with one attached hydrogen (secondary N) is 2. The molecule has 0 fully saturated rings. The third-order valence-corrected chi connectivity index (χ3v) is 2.58. The lowest BCUT2D eigenvalue weighted by Gasteiger charge is -2.01. The Kier molecular flexibility index (Phi) is 3.82. The summed E-state index contributed by atoms with van der Waals surface area (Å²) in [5, 5.41) is 9.37. The van der Waals surface area contributed by atoms with Crippen LogP contribution in [-0.4, -0.2) is 35.7 Å². The number of aromatic amines is 1. The van der Waals surface area contributed by atoms with E-state index in [-0.39, 0.29) is 23.9 Å². The molecule has 9 heteroatoms. The van der Waals surface area contributed by atoms with E-state index in [0.717, 1.165) is 6.26 Å². The molecule has 2 rings (SSSR count). The van der Waals surface area contributed by atoms with Crippen molar-refractivity contribution in [3.63, 3.8) is 0 Å². The minimum absolute atomic E-state index is 0. The van der Waals surface area contributed by atoms with Gasteiger partial charge >= 0.3 is 5.97 Å². The molecular formula is C9H10ClN3O4S. The quantitative estimate of drug-likeness (QED) is 0.782. The van der Waals surface area contributed by atoms with Gasteiger partial charge in [0.2, 0.25) is 10.0 Å². The van der Waals surface area contributed by atoms with Crippen LogP contribution in [0.3, 0.4) is 0 Å². The Balaban J connectivity index is 0.00000162. The minimum atomic E-state index is -3.40. The van der Waals surface area contributed by atoms with Gasteiger partial charge in [0.15, 0.2) is 0 Å². The van der Waals surface area contributed by atoms with Crippen LogP contribution >= 0.6 is 12.4 Å². The van der Waals surface area contributed by atoms with Gasteiger partial charge in [0, 0.05) is 5.39 Å². The zero-order valence-corrected chi connectivity index (χ0v) is 10.8. The highest BCUT2D eigenvalue weighted by Crippen LogP contribution is 2.16. The Bertz CT molecular complexity index is 695. The number of fused-ring (bicyclic) bond motifs is 1. The van der Waals surface area contributed by atoms with E-state index in [0.29, 0.717) is 11.0 Å². The van der Waals surface area contributed by atoms with Gasteiger partial charge in [-0.15, -0.1) is 12.4 Å². The van der Waals surface area contributed by atoms with E-state index in [2.05, 4.69) is 14.7 Å². The summed E-state index contributed by atoms with van der Waals surface area (Å²) in [4.78, 5) is 17.2. The van der Waals surface area contributed by atoms with E-state index in [9.17, 15) is 13.2 Å². The molecule has 3 N–H and O–H groups in total. The molecular weight excluding hydrogens is 282 g/mol. The van der Waals surface area contributed by atoms with Crippen LogP contribution in [0.4, 0.5) is 5.82 Å². The maximum Gasteiger partial charge on any atom is 0.352 e. The van der Waals surface area contributed by atoms with E-state index in [4.69, 9.17) is 5.11 Å². The molecule has 0 radical (unpaired) electrons. The smallest absolute Gasteiger partial charge is 0.352 e. The molecule has 98 valence electrons. The number of H-pyrrole nitrogens is 1. The van der Waals surface area contributed by atoms with Crippen molar-refractivity contribution >= 4 is 45.3 Å². The summed E-state index contributed by atoms with van der Waals surface area (Å²) in [5.41, 5.74) is 0.319. The van der Waals surface area contributed by atoms with E-state index < -0.39 is 16.0 Å². The van der Waals surface area contributed by atoms with Crippen LogP contribution in [-0.2, 0) is 10.0 Å². The molecule has 0 amide bonds. The second-order valence-electron chi connectivity index (χ2n) is 3.50. The minimum Gasteiger partial charge on any atom is -0.477 e. The van der Waals surface area contributed by atoms with Gasteiger partial charge in [0.25, 0.3) is 0 Å². The van der Waals surface area contributed by atoms with Crippen LogP contribution in [0.2, 0.25) is 0 Å². The van der Waals surface area contributed by atoms with Gasteiger partial charge < -0.3 is 10.1 Å². The molecule has 0 aromatic carbocycles. The molecule has 18 heavy (non-hydrogen) atoms. The molecule has 2 aromatic heterocycles. The summed E-state index contributed by atoms with van der Waals surface area (Å²) >= 11 is 0. The fourth-order valence-corrected chi connectivity index (χ4v) is 1.86. The maximum absolute atomic E-state index is 11.0. The first-order chi connectivity index (χ1) is 7.85. The summed E-state index contributed by atoms with van der Waals surface area (Å²) in [6.07, 6.45) is 1.01. The van der Waals surface area contributed by atoms with Gasteiger partial charge in [0.05, 0.1) is 6.26 Å². The largest absolute Gasteiger partial charge is 0.477 e. The Morgan fingerprint density at radius 1 is 1.44 bits per heavy atom. The number of anilines is 1. The van der Waals surface area contributed by atoms with Crippen LogP contribution in [0.5, 0.6) is 0 Å². The van der Waals surface area contributed by atoms with Crippen molar-refractivity contribution in [1.82, 2.24) is 9.97 Å². The zero-order valence-electron chi connectivity index (χ0n) is 9.17. The molecule has 2 aromatic rings. The lowest BCUT2D eigenvalue weighted by molar-refractivity contribution is 0.0691. The SMILES string of the molecule is CS(=O)(=O)Nc1ccc2cc(C(=O)O)[nH]c2n1.Cl. The predicted octanol–water partition coefficient (Wildman–Crippen LogP) is 1.05. The molecule has 7 nitrogen and oxygen atoms in total. The Labute approximate surface area is 109 Å². The number of carbonyl (C=O) groups is 1. The van der Waals surface area contributed by atoms with E-state index in [1.54, 1.807) is 6.07 Å². The second kappa shape index (κ2) is 4.83. The normalized spacial score (nSPS) is 10.9. The number of halogens is 1. The average molecular weight is 292 g/mol. The van der Waals surface area contributed by atoms with Crippen molar-refractivity contribution in [2.45, 2.75) is 0 Å². The Hall–Kier alpha value is -1.80. The zero-order chi connectivity index (χ0) is 12.6. The number of hydrogen-bond donors (Lipinski definition) is 3. The van der Waals surface area contributed by atoms with Crippen LogP contribution in [0, 0.1) is 0 Å². The molecule has 0 unspecified atom stereocenters. The van der Waals surface area contributed by atoms with Gasteiger partial charge in [-0.3, -0.25) is 4.72 Å². The van der Waals surface area contributed by atoms with E-state index in [1.807, 2.05) is 0 Å². The van der Waals surface area contributed by atoms with Crippen molar-refractivity contribution < 1.29 is 18.3 Å². The first-order valence-corrected chi connectivity index (χ1v) is 6.45. The highest BCUT2D eigenvalue weighted by Gasteiger charge is 2.09. The van der Waals surface area contributed by atoms with Crippen molar-refractivity contribution in [3.8, 4) is 0 Å². The number of rotatable bonds is 3. The monoisotopic (exact) mass is 291 g/mol. The number of aromatic nitrogens is 2. The highest BCUT2D eigenvalue weighted by molar-refractivity contribution is 7.92. The van der Waals surface area contributed by atoms with Crippen LogP contribution in [0.15, 0.2) is 18.2 Å². The van der Waals surface area contributed by atoms with Gasteiger partial charge in [-0.2, -0.15) is 0 Å². The van der Waals surface area contributed by atoms with Crippen LogP contribution in [0.1, 0.15) is 10.5 Å². The third kappa shape index (κ3) is 3.11. The maximum atomic E-state index is 11.0. The number of nitrogens with zero attached hydrogens (tertiary/aromatic N) is 1. The number of carboxylic acids is 1. The number of hydrogen-bond acceptors (Lipinski definition) is 4. The fraction of sp³-hybridized carbons (Fsp3) is 0.111. The van der Waals surface area contributed by atoms with Crippen molar-refractivity contribution in [1.29, 1.82) is 0 Å². The Morgan fingerprint density at radius 3 is 2.67 bits per heavy atom. The highest BCUT2D eigenvalue weighted by atomic mass is 35.5. The van der Waals surface area contributed by atoms with Crippen LogP contribution in [0.25, 0.3) is 11.0 Å². The topological polar surface area (TPSA) is 112 Å². The molecule has 0 spiro atoms. The molecule has 2 heterocycles. The first-order valence-electron chi connectivity index (χ1n) is 4.56. The summed E-state index contributed by atoms with van der Waals surface area (Å²) in [6, 6.07) is 4.47. The molecule has 0 saturated carbocycles. The van der Waals surface area contributed by atoms with Gasteiger partial charge in [-0.25, -0.2) is 18.2 Å². The van der Waals surface area contributed by atoms with Gasteiger partial charge in [-0.1, -0.05) is 0 Å². The Morgan fingerprint density at radius 2 is 2.11 bits per heavy atom. The van der Waals surface area contributed by atoms with Crippen LogP contribution < -0.4 is 4.72 Å². The van der Waals surface area contributed by atoms with Crippen molar-refractivity contribution in [2.24, 2.45) is 0 Å². The summed E-state index contributed by atoms with van der Waals surface area (Å²) in [6.45, 7) is 0. The lowest BCUT2D eigenvalue weighted by Crippen LogP contribution is -2.10. The molecule has 0 aliphatic heterocycles. The van der Waals surface area contributed by atoms with Gasteiger partial charge in [0.1, 0.15) is 17.2 Å². The van der Waals surface area contributed by atoms with E-state index in [1.165, 1.54) is 12.1 Å². The predicted molar refractivity (Wildman–Crippen MR) is 68.8 cm³/mol. The third-order valence-electron chi connectivity index (χ3n) is 2.00. The van der Waals surface area contributed by atoms with Gasteiger partial charge in [-0.05, 0) is 18.2 Å². The molecule has 0 saturated heterocycles. The second-order valence-corrected chi connectivity index (χ2v) is 5.25. The summed E-state index contributed by atoms with van der Waals surface area (Å²) in [5.74, 6) is -0.959.